The van der Waals surface area contributed by atoms with Crippen LogP contribution >= 0.6 is 0 Å². The Balaban J connectivity index is 2.12. The highest BCUT2D eigenvalue weighted by Gasteiger charge is 2.11. The van der Waals surface area contributed by atoms with Gasteiger partial charge in [0, 0.05) is 19.3 Å². The number of hydrogen-bond donors (Lipinski definition) is 2. The summed E-state index contributed by atoms with van der Waals surface area (Å²) in [6.45, 7) is 3.62. The van der Waals surface area contributed by atoms with Crippen LogP contribution < -0.4 is 5.32 Å². The highest BCUT2D eigenvalue weighted by atomic mass is 16.3. The van der Waals surface area contributed by atoms with Gasteiger partial charge in [0.2, 0.25) is 0 Å². The maximum Gasteiger partial charge on any atom is 0.154 e. The van der Waals surface area contributed by atoms with Gasteiger partial charge in [-0.25, -0.2) is 15.0 Å². The van der Waals surface area contributed by atoms with Crippen molar-refractivity contribution in [2.24, 2.45) is 0 Å². The Morgan fingerprint density at radius 1 is 1.14 bits per heavy atom. The molecule has 0 saturated carbocycles. The third-order valence-electron chi connectivity index (χ3n) is 3.51. The summed E-state index contributed by atoms with van der Waals surface area (Å²) in [5.74, 6) is 0.866. The van der Waals surface area contributed by atoms with Gasteiger partial charge < -0.3 is 15.3 Å². The van der Waals surface area contributed by atoms with Crippen LogP contribution in [0.2, 0.25) is 0 Å². The molecule has 0 atom stereocenters. The molecule has 0 aliphatic rings. The fraction of sp³-hybridized carbons (Fsp3) is 0.312. The number of aromatic nitrogens is 3. The lowest BCUT2D eigenvalue weighted by Gasteiger charge is -2.13. The molecule has 0 radical (unpaired) electrons. The topological polar surface area (TPSA) is 74.2 Å². The number of para-hydroxylation sites is 1. The van der Waals surface area contributed by atoms with Gasteiger partial charge in [0.25, 0.3) is 0 Å². The Morgan fingerprint density at radius 3 is 2.73 bits per heavy atom. The first kappa shape index (κ1) is 14.5. The van der Waals surface area contributed by atoms with Crippen molar-refractivity contribution in [1.82, 2.24) is 19.9 Å². The van der Waals surface area contributed by atoms with Gasteiger partial charge in [-0.3, -0.25) is 0 Å². The van der Waals surface area contributed by atoms with E-state index in [2.05, 4.69) is 25.2 Å². The Labute approximate surface area is 128 Å². The van der Waals surface area contributed by atoms with Gasteiger partial charge in [-0.2, -0.15) is 0 Å². The number of phenols is 1. The first-order valence-corrected chi connectivity index (χ1v) is 7.20. The number of likely N-dealkylation sites (N-methyl/N-ethyl adjacent to an activating group) is 1. The number of fused-ring (bicyclic) bond motifs is 2. The summed E-state index contributed by atoms with van der Waals surface area (Å²) in [4.78, 5) is 15.8. The minimum atomic E-state index is 0.144. The minimum Gasteiger partial charge on any atom is -0.506 e. The quantitative estimate of drug-likeness (QED) is 0.719. The minimum absolute atomic E-state index is 0.144. The van der Waals surface area contributed by atoms with Gasteiger partial charge in [-0.05, 0) is 38.7 Å². The van der Waals surface area contributed by atoms with E-state index < -0.39 is 0 Å². The van der Waals surface area contributed by atoms with Crippen molar-refractivity contribution in [3.8, 4) is 5.75 Å². The van der Waals surface area contributed by atoms with E-state index in [4.69, 9.17) is 0 Å². The molecule has 2 heterocycles. The molecule has 114 valence electrons. The van der Waals surface area contributed by atoms with Crippen molar-refractivity contribution in [3.05, 3.63) is 30.0 Å². The molecule has 0 bridgehead atoms. The summed E-state index contributed by atoms with van der Waals surface area (Å²) in [7, 11) is 4.05. The van der Waals surface area contributed by atoms with Crippen molar-refractivity contribution >= 4 is 27.9 Å². The number of nitrogens with one attached hydrogen (secondary N) is 1. The molecule has 2 N–H and O–H groups in total. The van der Waals surface area contributed by atoms with Crippen molar-refractivity contribution in [3.63, 3.8) is 0 Å². The lowest BCUT2D eigenvalue weighted by molar-refractivity contribution is 0.425. The number of pyridine rings is 1. The van der Waals surface area contributed by atoms with Crippen LogP contribution in [0.5, 0.6) is 5.75 Å². The van der Waals surface area contributed by atoms with Gasteiger partial charge in [0.05, 0.1) is 11.0 Å². The molecule has 3 rings (SSSR count). The second-order valence-corrected chi connectivity index (χ2v) is 5.59. The van der Waals surface area contributed by atoms with Crippen LogP contribution in [0.4, 0.5) is 5.82 Å². The molecule has 0 unspecified atom stereocenters. The molecule has 3 aromatic rings. The van der Waals surface area contributed by atoms with E-state index in [1.54, 1.807) is 18.3 Å². The molecule has 6 heteroatoms. The summed E-state index contributed by atoms with van der Waals surface area (Å²) >= 11 is 0. The van der Waals surface area contributed by atoms with Crippen LogP contribution in [0, 0.1) is 6.92 Å². The number of hydrogen-bond acceptors (Lipinski definition) is 6. The number of aromatic hydroxyl groups is 1. The van der Waals surface area contributed by atoms with Crippen molar-refractivity contribution in [2.75, 3.05) is 32.5 Å². The van der Waals surface area contributed by atoms with Gasteiger partial charge in [-0.15, -0.1) is 0 Å². The standard InChI is InChI=1S/C16H19N5O/c1-10-9-18-16(17-7-8-21(2)3)15-13(10)20-14-11(19-15)5-4-6-12(14)22/h4-6,9,22H,7-8H2,1-3H3,(H,17,18). The molecule has 0 aliphatic heterocycles. The monoisotopic (exact) mass is 297 g/mol. The molecular weight excluding hydrogens is 278 g/mol. The van der Waals surface area contributed by atoms with E-state index in [0.29, 0.717) is 11.0 Å². The molecule has 22 heavy (non-hydrogen) atoms. The largest absolute Gasteiger partial charge is 0.506 e. The average Bonchev–Trinajstić information content (AvgIpc) is 2.49. The zero-order valence-corrected chi connectivity index (χ0v) is 13.0. The molecule has 1 aromatic carbocycles. The summed E-state index contributed by atoms with van der Waals surface area (Å²) in [6, 6.07) is 5.23. The first-order chi connectivity index (χ1) is 10.6. The van der Waals surface area contributed by atoms with E-state index in [-0.39, 0.29) is 5.75 Å². The normalized spacial score (nSPS) is 11.5. The van der Waals surface area contributed by atoms with Crippen LogP contribution in [0.1, 0.15) is 5.56 Å². The highest BCUT2D eigenvalue weighted by molar-refractivity contribution is 5.95. The van der Waals surface area contributed by atoms with E-state index in [1.165, 1.54) is 0 Å². The summed E-state index contributed by atoms with van der Waals surface area (Å²) in [6.07, 6.45) is 1.78. The van der Waals surface area contributed by atoms with Crippen LogP contribution in [0.3, 0.4) is 0 Å². The Kier molecular flexibility index (Phi) is 3.77. The van der Waals surface area contributed by atoms with Crippen molar-refractivity contribution in [1.29, 1.82) is 0 Å². The summed E-state index contributed by atoms with van der Waals surface area (Å²) in [5.41, 5.74) is 3.61. The molecule has 0 aliphatic carbocycles. The third kappa shape index (κ3) is 2.65. The SMILES string of the molecule is Cc1cnc(NCCN(C)C)c2nc3cccc(O)c3nc12. The molecule has 0 fully saturated rings. The predicted octanol–water partition coefficient (Wildman–Crippen LogP) is 2.17. The number of phenolic OH excluding ortho intramolecular Hbond substituents is 1. The van der Waals surface area contributed by atoms with Crippen LogP contribution in [0.25, 0.3) is 22.1 Å². The molecule has 6 nitrogen and oxygen atoms in total. The Morgan fingerprint density at radius 2 is 1.95 bits per heavy atom. The van der Waals surface area contributed by atoms with Gasteiger partial charge in [0.15, 0.2) is 5.82 Å². The third-order valence-corrected chi connectivity index (χ3v) is 3.51. The van der Waals surface area contributed by atoms with E-state index in [9.17, 15) is 5.11 Å². The fourth-order valence-electron chi connectivity index (χ4n) is 2.31. The Hall–Kier alpha value is -2.47. The molecule has 0 saturated heterocycles. The van der Waals surface area contributed by atoms with Crippen molar-refractivity contribution < 1.29 is 5.11 Å². The lowest BCUT2D eigenvalue weighted by atomic mass is 10.2. The fourth-order valence-corrected chi connectivity index (χ4v) is 2.31. The van der Waals surface area contributed by atoms with Crippen LogP contribution in [-0.2, 0) is 0 Å². The molecule has 2 aromatic heterocycles. The van der Waals surface area contributed by atoms with Gasteiger partial charge in [0.1, 0.15) is 16.8 Å². The predicted molar refractivity (Wildman–Crippen MR) is 88.3 cm³/mol. The smallest absolute Gasteiger partial charge is 0.154 e. The molecule has 0 amide bonds. The molecular formula is C16H19N5O. The van der Waals surface area contributed by atoms with E-state index >= 15 is 0 Å². The van der Waals surface area contributed by atoms with Crippen molar-refractivity contribution in [2.45, 2.75) is 6.92 Å². The van der Waals surface area contributed by atoms with Gasteiger partial charge >= 0.3 is 0 Å². The Bertz CT molecular complexity index is 831. The maximum absolute atomic E-state index is 9.95. The molecule has 0 spiro atoms. The number of rotatable bonds is 4. The van der Waals surface area contributed by atoms with E-state index in [0.717, 1.165) is 35.5 Å². The zero-order valence-electron chi connectivity index (χ0n) is 13.0. The summed E-state index contributed by atoms with van der Waals surface area (Å²) < 4.78 is 0. The number of aryl methyl sites for hydroxylation is 1. The summed E-state index contributed by atoms with van der Waals surface area (Å²) in [5, 5.41) is 13.3. The number of nitrogens with zero attached hydrogens (tertiary/aromatic N) is 4. The second-order valence-electron chi connectivity index (χ2n) is 5.59. The van der Waals surface area contributed by atoms with Gasteiger partial charge in [-0.1, -0.05) is 6.07 Å². The number of anilines is 1. The highest BCUT2D eigenvalue weighted by Crippen LogP contribution is 2.27. The van der Waals surface area contributed by atoms with E-state index in [1.807, 2.05) is 27.1 Å². The maximum atomic E-state index is 9.95. The average molecular weight is 297 g/mol. The first-order valence-electron chi connectivity index (χ1n) is 7.20. The lowest BCUT2D eigenvalue weighted by Crippen LogP contribution is -2.21. The zero-order chi connectivity index (χ0) is 15.7. The second kappa shape index (κ2) is 5.73. The van der Waals surface area contributed by atoms with Crippen LogP contribution in [0.15, 0.2) is 24.4 Å². The number of benzene rings is 1. The van der Waals surface area contributed by atoms with Crippen LogP contribution in [-0.4, -0.2) is 52.1 Å².